The molecule has 2 nitrogen and oxygen atoms in total. The molecule has 4 heteroatoms. The van der Waals surface area contributed by atoms with E-state index in [-0.39, 0.29) is 5.02 Å². The van der Waals surface area contributed by atoms with Gasteiger partial charge in [0, 0.05) is 35.9 Å². The first-order valence-electron chi connectivity index (χ1n) is 6.94. The first-order chi connectivity index (χ1) is 10.2. The lowest BCUT2D eigenvalue weighted by atomic mass is 10.2. The summed E-state index contributed by atoms with van der Waals surface area (Å²) in [4.78, 5) is 0. The van der Waals surface area contributed by atoms with Crippen LogP contribution in [0.2, 0.25) is 5.02 Å². The number of hydrogen-bond acceptors (Lipinski definition) is 1. The van der Waals surface area contributed by atoms with Crippen LogP contribution in [0, 0.1) is 5.82 Å². The van der Waals surface area contributed by atoms with Gasteiger partial charge < -0.3 is 9.88 Å². The number of fused-ring (bicyclic) bond motifs is 1. The summed E-state index contributed by atoms with van der Waals surface area (Å²) in [5.41, 5.74) is 3.26. The van der Waals surface area contributed by atoms with Gasteiger partial charge in [0.2, 0.25) is 0 Å². The second-order valence-corrected chi connectivity index (χ2v) is 5.35. The molecule has 0 bridgehead atoms. The molecule has 21 heavy (non-hydrogen) atoms. The van der Waals surface area contributed by atoms with Crippen LogP contribution in [0.25, 0.3) is 10.9 Å². The van der Waals surface area contributed by atoms with Gasteiger partial charge in [-0.15, -0.1) is 0 Å². The van der Waals surface area contributed by atoms with E-state index < -0.39 is 5.82 Å². The highest BCUT2D eigenvalue weighted by atomic mass is 35.5. The number of para-hydroxylation sites is 1. The van der Waals surface area contributed by atoms with Crippen LogP contribution in [0.4, 0.5) is 10.1 Å². The molecule has 0 aliphatic rings. The van der Waals surface area contributed by atoms with E-state index in [2.05, 4.69) is 35.1 Å². The zero-order valence-corrected chi connectivity index (χ0v) is 12.5. The second kappa shape index (κ2) is 5.78. The fourth-order valence-electron chi connectivity index (χ4n) is 2.53. The minimum absolute atomic E-state index is 0.135. The monoisotopic (exact) mass is 302 g/mol. The number of halogens is 2. The summed E-state index contributed by atoms with van der Waals surface area (Å²) in [6.45, 7) is 3.74. The minimum Gasteiger partial charge on any atom is -0.381 e. The van der Waals surface area contributed by atoms with Gasteiger partial charge in [0.05, 0.1) is 5.02 Å². The molecule has 0 saturated heterocycles. The molecule has 3 rings (SSSR count). The molecule has 0 saturated carbocycles. The highest BCUT2D eigenvalue weighted by Gasteiger charge is 2.07. The number of nitrogens with one attached hydrogen (secondary N) is 1. The number of rotatable bonds is 4. The van der Waals surface area contributed by atoms with Crippen LogP contribution in [-0.4, -0.2) is 4.57 Å². The number of aromatic nitrogens is 1. The van der Waals surface area contributed by atoms with Crippen molar-refractivity contribution in [2.24, 2.45) is 0 Å². The van der Waals surface area contributed by atoms with E-state index in [0.29, 0.717) is 6.54 Å². The molecular weight excluding hydrogens is 287 g/mol. The van der Waals surface area contributed by atoms with E-state index in [4.69, 9.17) is 11.6 Å². The molecule has 0 spiro atoms. The van der Waals surface area contributed by atoms with Crippen molar-refractivity contribution < 1.29 is 4.39 Å². The molecule has 2 aromatic carbocycles. The van der Waals surface area contributed by atoms with Gasteiger partial charge in [0.1, 0.15) is 5.82 Å². The van der Waals surface area contributed by atoms with Gasteiger partial charge in [-0.05, 0) is 36.8 Å². The Bertz CT molecular complexity index is 780. The van der Waals surface area contributed by atoms with Gasteiger partial charge in [0.25, 0.3) is 0 Å². The summed E-state index contributed by atoms with van der Waals surface area (Å²) in [5.74, 6) is -0.398. The van der Waals surface area contributed by atoms with Gasteiger partial charge in [-0.25, -0.2) is 4.39 Å². The predicted molar refractivity (Wildman–Crippen MR) is 86.3 cm³/mol. The van der Waals surface area contributed by atoms with Crippen molar-refractivity contribution in [1.29, 1.82) is 0 Å². The Balaban J connectivity index is 1.86. The summed E-state index contributed by atoms with van der Waals surface area (Å²) in [6, 6.07) is 13.0. The van der Waals surface area contributed by atoms with Gasteiger partial charge in [-0.1, -0.05) is 29.8 Å². The van der Waals surface area contributed by atoms with Crippen LogP contribution >= 0.6 is 11.6 Å². The number of benzene rings is 2. The molecule has 0 atom stereocenters. The normalized spacial score (nSPS) is 11.0. The number of hydrogen-bond donors (Lipinski definition) is 1. The molecule has 0 radical (unpaired) electrons. The second-order valence-electron chi connectivity index (χ2n) is 4.94. The fraction of sp³-hybridized carbons (Fsp3) is 0.176. The molecule has 0 aliphatic heterocycles. The van der Waals surface area contributed by atoms with Crippen molar-refractivity contribution in [3.63, 3.8) is 0 Å². The molecule has 3 aromatic rings. The highest BCUT2D eigenvalue weighted by molar-refractivity contribution is 6.31. The first kappa shape index (κ1) is 14.0. The first-order valence-corrected chi connectivity index (χ1v) is 7.32. The van der Waals surface area contributed by atoms with Crippen LogP contribution < -0.4 is 5.32 Å². The molecule has 0 fully saturated rings. The Morgan fingerprint density at radius 1 is 1.19 bits per heavy atom. The standard InChI is InChI=1S/C17H16ClFN2/c1-2-21-11-12(14-5-3-4-6-17(14)21)10-20-13-7-8-16(19)15(18)9-13/h3-9,11,20H,2,10H2,1H3. The average molecular weight is 303 g/mol. The molecule has 1 aromatic heterocycles. The van der Waals surface area contributed by atoms with E-state index >= 15 is 0 Å². The van der Waals surface area contributed by atoms with Crippen molar-refractivity contribution in [2.45, 2.75) is 20.0 Å². The molecule has 108 valence electrons. The maximum atomic E-state index is 13.2. The van der Waals surface area contributed by atoms with E-state index in [1.165, 1.54) is 22.5 Å². The SMILES string of the molecule is CCn1cc(CNc2ccc(F)c(Cl)c2)c2ccccc21. The zero-order valence-electron chi connectivity index (χ0n) is 11.7. The van der Waals surface area contributed by atoms with E-state index in [1.807, 2.05) is 12.1 Å². The Labute approximate surface area is 128 Å². The van der Waals surface area contributed by atoms with Crippen LogP contribution in [0.3, 0.4) is 0 Å². The maximum Gasteiger partial charge on any atom is 0.141 e. The third-order valence-electron chi connectivity index (χ3n) is 3.61. The van der Waals surface area contributed by atoms with E-state index in [9.17, 15) is 4.39 Å². The number of nitrogens with zero attached hydrogens (tertiary/aromatic N) is 1. The van der Waals surface area contributed by atoms with Crippen molar-refractivity contribution in [1.82, 2.24) is 4.57 Å². The molecule has 0 aliphatic carbocycles. The Kier molecular flexibility index (Phi) is 3.84. The topological polar surface area (TPSA) is 17.0 Å². The number of anilines is 1. The molecule has 1 heterocycles. The van der Waals surface area contributed by atoms with Crippen molar-refractivity contribution >= 4 is 28.2 Å². The van der Waals surface area contributed by atoms with Gasteiger partial charge >= 0.3 is 0 Å². The number of aryl methyl sites for hydroxylation is 1. The zero-order chi connectivity index (χ0) is 14.8. The van der Waals surface area contributed by atoms with Crippen LogP contribution in [0.15, 0.2) is 48.7 Å². The Hall–Kier alpha value is -2.00. The molecule has 1 N–H and O–H groups in total. The lowest BCUT2D eigenvalue weighted by Crippen LogP contribution is -1.99. The molecular formula is C17H16ClFN2. The van der Waals surface area contributed by atoms with Crippen LogP contribution in [0.1, 0.15) is 12.5 Å². The Morgan fingerprint density at radius 2 is 2.00 bits per heavy atom. The van der Waals surface area contributed by atoms with E-state index in [1.54, 1.807) is 12.1 Å². The molecule has 0 unspecified atom stereocenters. The molecule has 0 amide bonds. The van der Waals surface area contributed by atoms with Gasteiger partial charge in [0.15, 0.2) is 0 Å². The minimum atomic E-state index is -0.398. The quantitative estimate of drug-likeness (QED) is 0.712. The largest absolute Gasteiger partial charge is 0.381 e. The summed E-state index contributed by atoms with van der Waals surface area (Å²) >= 11 is 5.80. The third-order valence-corrected chi connectivity index (χ3v) is 3.90. The van der Waals surface area contributed by atoms with E-state index in [0.717, 1.165) is 12.2 Å². The van der Waals surface area contributed by atoms with Gasteiger partial charge in [-0.3, -0.25) is 0 Å². The summed E-state index contributed by atoms with van der Waals surface area (Å²) < 4.78 is 15.4. The van der Waals surface area contributed by atoms with Crippen LogP contribution in [0.5, 0.6) is 0 Å². The maximum absolute atomic E-state index is 13.2. The van der Waals surface area contributed by atoms with Gasteiger partial charge in [-0.2, -0.15) is 0 Å². The summed E-state index contributed by atoms with van der Waals surface area (Å²) in [7, 11) is 0. The fourth-order valence-corrected chi connectivity index (χ4v) is 2.71. The van der Waals surface area contributed by atoms with Crippen LogP contribution in [-0.2, 0) is 13.1 Å². The lowest BCUT2D eigenvalue weighted by Gasteiger charge is -2.06. The average Bonchev–Trinajstić information content (AvgIpc) is 2.87. The summed E-state index contributed by atoms with van der Waals surface area (Å²) in [5, 5.41) is 4.67. The van der Waals surface area contributed by atoms with Crippen molar-refractivity contribution in [3.05, 3.63) is 65.1 Å². The lowest BCUT2D eigenvalue weighted by molar-refractivity contribution is 0.628. The summed E-state index contributed by atoms with van der Waals surface area (Å²) in [6.07, 6.45) is 2.16. The Morgan fingerprint density at radius 3 is 2.76 bits per heavy atom. The predicted octanol–water partition coefficient (Wildman–Crippen LogP) is 5.07. The third kappa shape index (κ3) is 2.74. The smallest absolute Gasteiger partial charge is 0.141 e. The highest BCUT2D eigenvalue weighted by Crippen LogP contribution is 2.24. The van der Waals surface area contributed by atoms with Crippen molar-refractivity contribution in [2.75, 3.05) is 5.32 Å². The van der Waals surface area contributed by atoms with Crippen molar-refractivity contribution in [3.8, 4) is 0 Å².